The van der Waals surface area contributed by atoms with Crippen molar-refractivity contribution in [1.29, 1.82) is 0 Å². The first kappa shape index (κ1) is 20.6. The summed E-state index contributed by atoms with van der Waals surface area (Å²) in [5, 5.41) is 0.799. The zero-order valence-corrected chi connectivity index (χ0v) is 18.8. The molecule has 0 unspecified atom stereocenters. The lowest BCUT2D eigenvalue weighted by Crippen LogP contribution is -2.29. The molecule has 5 rings (SSSR count). The Balaban J connectivity index is 1.71. The first-order valence-electron chi connectivity index (χ1n) is 10.4. The predicted octanol–water partition coefficient (Wildman–Crippen LogP) is 6.08. The van der Waals surface area contributed by atoms with Gasteiger partial charge in [-0.2, -0.15) is 0 Å². The van der Waals surface area contributed by atoms with Crippen LogP contribution in [-0.4, -0.2) is 10.8 Å². The largest absolute Gasteiger partial charge is 0.467 e. The number of furan rings is 1. The van der Waals surface area contributed by atoms with Crippen molar-refractivity contribution in [2.75, 3.05) is 0 Å². The van der Waals surface area contributed by atoms with Gasteiger partial charge in [0, 0.05) is 5.02 Å². The highest BCUT2D eigenvalue weighted by atomic mass is 35.5. The number of nitrogens with zero attached hydrogens (tertiary/aromatic N) is 1. The molecule has 5 nitrogen and oxygen atoms in total. The van der Waals surface area contributed by atoms with E-state index in [-0.39, 0.29) is 29.1 Å². The van der Waals surface area contributed by atoms with Gasteiger partial charge in [0.1, 0.15) is 11.3 Å². The van der Waals surface area contributed by atoms with Gasteiger partial charge in [0.15, 0.2) is 5.43 Å². The van der Waals surface area contributed by atoms with Crippen molar-refractivity contribution in [2.45, 2.75) is 38.8 Å². The summed E-state index contributed by atoms with van der Waals surface area (Å²) in [4.78, 5) is 28.6. The summed E-state index contributed by atoms with van der Waals surface area (Å²) < 4.78 is 11.4. The zero-order valence-electron chi connectivity index (χ0n) is 18.0. The third kappa shape index (κ3) is 3.33. The molecule has 6 heteroatoms. The van der Waals surface area contributed by atoms with E-state index in [1.165, 1.54) is 5.56 Å². The van der Waals surface area contributed by atoms with Crippen molar-refractivity contribution < 1.29 is 13.6 Å². The van der Waals surface area contributed by atoms with E-state index >= 15 is 0 Å². The average Bonchev–Trinajstić information content (AvgIpc) is 3.36. The first-order valence-corrected chi connectivity index (χ1v) is 10.8. The van der Waals surface area contributed by atoms with E-state index in [0.717, 1.165) is 5.56 Å². The molecule has 1 amide bonds. The fourth-order valence-corrected chi connectivity index (χ4v) is 4.41. The van der Waals surface area contributed by atoms with Gasteiger partial charge in [-0.3, -0.25) is 9.59 Å². The average molecular weight is 448 g/mol. The fraction of sp³-hybridized carbons (Fsp3) is 0.231. The highest BCUT2D eigenvalue weighted by Crippen LogP contribution is 2.40. The smallest absolute Gasteiger partial charge is 0.291 e. The Morgan fingerprint density at radius 1 is 1.03 bits per heavy atom. The third-order valence-electron chi connectivity index (χ3n) is 5.93. The molecule has 0 saturated carbocycles. The Kier molecular flexibility index (Phi) is 4.75. The van der Waals surface area contributed by atoms with Crippen molar-refractivity contribution in [3.63, 3.8) is 0 Å². The summed E-state index contributed by atoms with van der Waals surface area (Å²) in [7, 11) is 0. The molecule has 0 bridgehead atoms. The van der Waals surface area contributed by atoms with Crippen molar-refractivity contribution in [2.24, 2.45) is 0 Å². The molecule has 0 radical (unpaired) electrons. The van der Waals surface area contributed by atoms with Gasteiger partial charge < -0.3 is 13.7 Å². The minimum Gasteiger partial charge on any atom is -0.467 e. The van der Waals surface area contributed by atoms with Crippen LogP contribution in [0.4, 0.5) is 0 Å². The van der Waals surface area contributed by atoms with Crippen molar-refractivity contribution >= 4 is 28.5 Å². The van der Waals surface area contributed by atoms with Gasteiger partial charge in [0.05, 0.1) is 29.8 Å². The van der Waals surface area contributed by atoms with Gasteiger partial charge in [-0.15, -0.1) is 0 Å². The van der Waals surface area contributed by atoms with Crippen LogP contribution >= 0.6 is 11.6 Å². The number of hydrogen-bond acceptors (Lipinski definition) is 4. The van der Waals surface area contributed by atoms with E-state index in [9.17, 15) is 9.59 Å². The molecule has 1 aliphatic rings. The van der Waals surface area contributed by atoms with E-state index in [4.69, 9.17) is 20.4 Å². The van der Waals surface area contributed by atoms with Crippen LogP contribution in [-0.2, 0) is 12.0 Å². The van der Waals surface area contributed by atoms with Crippen LogP contribution in [0, 0.1) is 0 Å². The second kappa shape index (κ2) is 7.38. The lowest BCUT2D eigenvalue weighted by Gasteiger charge is -2.25. The topological polar surface area (TPSA) is 63.7 Å². The summed E-state index contributed by atoms with van der Waals surface area (Å²) >= 11 is 6.14. The molecule has 1 aliphatic heterocycles. The summed E-state index contributed by atoms with van der Waals surface area (Å²) in [5.41, 5.74) is 2.42. The van der Waals surface area contributed by atoms with Crippen molar-refractivity contribution in [3.05, 3.63) is 104 Å². The minimum absolute atomic E-state index is 0.0121. The molecular weight excluding hydrogens is 426 g/mol. The molecule has 2 aromatic carbocycles. The van der Waals surface area contributed by atoms with Gasteiger partial charge in [-0.1, -0.05) is 56.6 Å². The van der Waals surface area contributed by atoms with Crippen LogP contribution in [0.2, 0.25) is 5.02 Å². The molecule has 0 fully saturated rings. The number of rotatable bonds is 3. The highest BCUT2D eigenvalue weighted by Gasteiger charge is 2.43. The Morgan fingerprint density at radius 2 is 1.78 bits per heavy atom. The Labute approximate surface area is 190 Å². The Hall–Kier alpha value is -3.31. The minimum atomic E-state index is -0.587. The maximum absolute atomic E-state index is 13.6. The van der Waals surface area contributed by atoms with E-state index in [2.05, 4.69) is 20.8 Å². The van der Waals surface area contributed by atoms with Crippen LogP contribution in [0.15, 0.2) is 74.5 Å². The molecule has 2 aromatic heterocycles. The molecule has 0 saturated heterocycles. The summed E-state index contributed by atoms with van der Waals surface area (Å²) in [6.07, 6.45) is 1.57. The van der Waals surface area contributed by atoms with E-state index in [1.54, 1.807) is 35.4 Å². The van der Waals surface area contributed by atoms with E-state index in [1.807, 2.05) is 30.3 Å². The molecule has 32 heavy (non-hydrogen) atoms. The van der Waals surface area contributed by atoms with Gasteiger partial charge in [-0.05, 0) is 46.9 Å². The second-order valence-corrected chi connectivity index (χ2v) is 9.54. The zero-order chi connectivity index (χ0) is 22.6. The number of hydrogen-bond donors (Lipinski definition) is 0. The number of benzene rings is 2. The first-order chi connectivity index (χ1) is 15.2. The van der Waals surface area contributed by atoms with Crippen LogP contribution < -0.4 is 5.43 Å². The summed E-state index contributed by atoms with van der Waals surface area (Å²) in [5.74, 6) is 0.360. The summed E-state index contributed by atoms with van der Waals surface area (Å²) in [6, 6.07) is 15.9. The highest BCUT2D eigenvalue weighted by molar-refractivity contribution is 6.31. The Morgan fingerprint density at radius 3 is 2.44 bits per heavy atom. The van der Waals surface area contributed by atoms with E-state index in [0.29, 0.717) is 27.3 Å². The molecule has 0 spiro atoms. The monoisotopic (exact) mass is 447 g/mol. The molecule has 1 atom stereocenters. The Bertz CT molecular complexity index is 1380. The molecular formula is C26H22ClNO4. The molecule has 3 heterocycles. The van der Waals surface area contributed by atoms with Crippen LogP contribution in [0.3, 0.4) is 0 Å². The maximum atomic E-state index is 13.6. The lowest BCUT2D eigenvalue weighted by molar-refractivity contribution is 0.0701. The second-order valence-electron chi connectivity index (χ2n) is 9.10. The maximum Gasteiger partial charge on any atom is 0.291 e. The molecule has 0 N–H and O–H groups in total. The van der Waals surface area contributed by atoms with Gasteiger partial charge in [0.25, 0.3) is 5.91 Å². The molecule has 0 aliphatic carbocycles. The summed E-state index contributed by atoms with van der Waals surface area (Å²) in [6.45, 7) is 6.65. The molecule has 162 valence electrons. The standard InChI is InChI=1S/C26H22ClNO4/c1-26(2,3)16-8-6-15(7-9-16)22-21-23(29)19-13-17(27)10-11-20(19)32-24(21)25(30)28(22)14-18-5-4-12-31-18/h4-13,22H,14H2,1-3H3/t22-/m1/s1. The SMILES string of the molecule is CC(C)(C)c1ccc([C@@H]2c3c(oc4ccc(Cl)cc4c3=O)C(=O)N2Cc2ccco2)cc1. The third-order valence-corrected chi connectivity index (χ3v) is 6.16. The molecule has 4 aromatic rings. The number of amides is 1. The van der Waals surface area contributed by atoms with Crippen molar-refractivity contribution in [1.82, 2.24) is 4.90 Å². The normalized spacial score (nSPS) is 16.1. The number of fused-ring (bicyclic) bond motifs is 2. The van der Waals surface area contributed by atoms with E-state index < -0.39 is 6.04 Å². The number of halogens is 1. The number of carbonyl (C=O) groups is 1. The van der Waals surface area contributed by atoms with Crippen molar-refractivity contribution in [3.8, 4) is 0 Å². The van der Waals surface area contributed by atoms with Gasteiger partial charge in [0.2, 0.25) is 5.76 Å². The fourth-order valence-electron chi connectivity index (χ4n) is 4.24. The van der Waals surface area contributed by atoms with Gasteiger partial charge >= 0.3 is 0 Å². The number of carbonyl (C=O) groups excluding carboxylic acids is 1. The van der Waals surface area contributed by atoms with Crippen LogP contribution in [0.5, 0.6) is 0 Å². The predicted molar refractivity (Wildman–Crippen MR) is 123 cm³/mol. The lowest BCUT2D eigenvalue weighted by atomic mass is 9.86. The van der Waals surface area contributed by atoms with Crippen LogP contribution in [0.1, 0.15) is 59.8 Å². The van der Waals surface area contributed by atoms with Crippen LogP contribution in [0.25, 0.3) is 11.0 Å². The quantitative estimate of drug-likeness (QED) is 0.381. The van der Waals surface area contributed by atoms with Gasteiger partial charge in [-0.25, -0.2) is 0 Å².